The molecule has 3 aromatic carbocycles. The lowest BCUT2D eigenvalue weighted by Gasteiger charge is -2.37. The summed E-state index contributed by atoms with van der Waals surface area (Å²) < 4.78 is 31.4. The van der Waals surface area contributed by atoms with Crippen molar-refractivity contribution in [3.8, 4) is 11.5 Å². The van der Waals surface area contributed by atoms with Gasteiger partial charge in [-0.15, -0.1) is 0 Å². The van der Waals surface area contributed by atoms with Gasteiger partial charge < -0.3 is 23.7 Å². The van der Waals surface area contributed by atoms with Gasteiger partial charge in [0.15, 0.2) is 0 Å². The van der Waals surface area contributed by atoms with Gasteiger partial charge in [-0.25, -0.2) is 4.79 Å². The molecule has 1 aromatic heterocycles. The topological polar surface area (TPSA) is 101 Å². The molecule has 1 aliphatic rings. The molecule has 0 radical (unpaired) electrons. The fourth-order valence-corrected chi connectivity index (χ4v) is 5.35. The number of nitrogens with one attached hydrogen (secondary N) is 1. The molecule has 9 heteroatoms. The highest BCUT2D eigenvalue weighted by Crippen LogP contribution is 2.42. The highest BCUT2D eigenvalue weighted by molar-refractivity contribution is 5.49. The summed E-state index contributed by atoms with van der Waals surface area (Å²) in [5.41, 5.74) is 1.16. The van der Waals surface area contributed by atoms with E-state index < -0.39 is 29.2 Å². The van der Waals surface area contributed by atoms with Gasteiger partial charge in [-0.2, -0.15) is 0 Å². The van der Waals surface area contributed by atoms with Crippen LogP contribution in [0.2, 0.25) is 0 Å². The van der Waals surface area contributed by atoms with Gasteiger partial charge in [0.05, 0.1) is 26.9 Å². The molecule has 1 fully saturated rings. The Balaban J connectivity index is 1.55. The van der Waals surface area contributed by atoms with E-state index in [1.807, 2.05) is 78.9 Å². The molecule has 1 unspecified atom stereocenters. The molecule has 9 nitrogen and oxygen atoms in total. The zero-order valence-electron chi connectivity index (χ0n) is 23.5. The predicted octanol–water partition coefficient (Wildman–Crippen LogP) is 4.17. The third-order valence-corrected chi connectivity index (χ3v) is 7.58. The van der Waals surface area contributed by atoms with Gasteiger partial charge in [-0.1, -0.05) is 54.6 Å². The van der Waals surface area contributed by atoms with Gasteiger partial charge in [-0.3, -0.25) is 14.3 Å². The monoisotopic (exact) mass is 558 g/mol. The fraction of sp³-hybridized carbons (Fsp3) is 0.312. The Morgan fingerprint density at radius 1 is 0.854 bits per heavy atom. The summed E-state index contributed by atoms with van der Waals surface area (Å²) in [5.74, 6) is 1.46. The normalized spacial score (nSPS) is 18.8. The van der Waals surface area contributed by atoms with Crippen molar-refractivity contribution in [2.75, 3.05) is 27.9 Å². The summed E-state index contributed by atoms with van der Waals surface area (Å²) in [4.78, 5) is 26.9. The van der Waals surface area contributed by atoms with Crippen molar-refractivity contribution in [3.63, 3.8) is 0 Å². The van der Waals surface area contributed by atoms with Crippen LogP contribution in [0.25, 0.3) is 0 Å². The van der Waals surface area contributed by atoms with E-state index in [-0.39, 0.29) is 12.7 Å². The molecule has 0 aliphatic carbocycles. The fourth-order valence-electron chi connectivity index (χ4n) is 5.35. The molecule has 214 valence electrons. The highest BCUT2D eigenvalue weighted by atomic mass is 16.6. The van der Waals surface area contributed by atoms with E-state index in [2.05, 4.69) is 4.98 Å². The molecule has 4 aromatic rings. The van der Waals surface area contributed by atoms with Crippen LogP contribution in [0.15, 0.2) is 94.6 Å². The number of hydrogen-bond acceptors (Lipinski definition) is 7. The van der Waals surface area contributed by atoms with E-state index in [1.54, 1.807) is 28.3 Å². The maximum atomic E-state index is 12.6. The largest absolute Gasteiger partial charge is 0.497 e. The SMILES string of the molecule is COc1ccc(C(OC[C@H]2O[C@@H](n3cc(C)c(=O)[nH]c3=O)CC2OC)(c2ccccc2)c2ccc(OC)cc2)cc1. The number of H-pyrrole nitrogens is 1. The number of aryl methyl sites for hydroxylation is 1. The van der Waals surface area contributed by atoms with Crippen molar-refractivity contribution in [2.45, 2.75) is 37.4 Å². The van der Waals surface area contributed by atoms with E-state index in [1.165, 1.54) is 10.8 Å². The first-order chi connectivity index (χ1) is 19.9. The number of nitrogens with zero attached hydrogens (tertiary/aromatic N) is 1. The van der Waals surface area contributed by atoms with Gasteiger partial charge in [0, 0.05) is 25.3 Å². The minimum Gasteiger partial charge on any atom is -0.497 e. The quantitative estimate of drug-likeness (QED) is 0.292. The first-order valence-corrected chi connectivity index (χ1v) is 13.4. The molecule has 0 spiro atoms. The number of aromatic amines is 1. The first-order valence-electron chi connectivity index (χ1n) is 13.4. The molecule has 5 rings (SSSR count). The molecule has 41 heavy (non-hydrogen) atoms. The van der Waals surface area contributed by atoms with E-state index in [0.717, 1.165) is 28.2 Å². The van der Waals surface area contributed by atoms with Gasteiger partial charge in [0.1, 0.15) is 29.4 Å². The van der Waals surface area contributed by atoms with Gasteiger partial charge in [0.25, 0.3) is 5.56 Å². The summed E-state index contributed by atoms with van der Waals surface area (Å²) in [7, 11) is 4.88. The van der Waals surface area contributed by atoms with Crippen LogP contribution in [0, 0.1) is 6.92 Å². The molecular weight excluding hydrogens is 524 g/mol. The Labute approximate surface area is 238 Å². The van der Waals surface area contributed by atoms with Gasteiger partial charge in [0.2, 0.25) is 0 Å². The Kier molecular flexibility index (Phi) is 8.39. The summed E-state index contributed by atoms with van der Waals surface area (Å²) in [5, 5.41) is 0. The van der Waals surface area contributed by atoms with E-state index in [9.17, 15) is 9.59 Å². The molecule has 0 bridgehead atoms. The van der Waals surface area contributed by atoms with E-state index in [0.29, 0.717) is 12.0 Å². The van der Waals surface area contributed by atoms with Crippen LogP contribution in [-0.2, 0) is 19.8 Å². The highest BCUT2D eigenvalue weighted by Gasteiger charge is 2.42. The molecule has 0 amide bonds. The van der Waals surface area contributed by atoms with Crippen LogP contribution in [0.3, 0.4) is 0 Å². The number of hydrogen-bond donors (Lipinski definition) is 1. The van der Waals surface area contributed by atoms with Crippen molar-refractivity contribution >= 4 is 0 Å². The average molecular weight is 559 g/mol. The smallest absolute Gasteiger partial charge is 0.330 e. The van der Waals surface area contributed by atoms with Gasteiger partial charge in [-0.05, 0) is 47.9 Å². The van der Waals surface area contributed by atoms with Crippen LogP contribution < -0.4 is 20.7 Å². The van der Waals surface area contributed by atoms with Crippen molar-refractivity contribution in [1.29, 1.82) is 0 Å². The van der Waals surface area contributed by atoms with Crippen LogP contribution in [0.4, 0.5) is 0 Å². The minimum atomic E-state index is -1.02. The van der Waals surface area contributed by atoms with Crippen LogP contribution >= 0.6 is 0 Å². The number of aromatic nitrogens is 2. The number of ether oxygens (including phenoxy) is 5. The molecule has 1 N–H and O–H groups in total. The van der Waals surface area contributed by atoms with Crippen molar-refractivity contribution in [2.24, 2.45) is 0 Å². The van der Waals surface area contributed by atoms with E-state index >= 15 is 0 Å². The maximum absolute atomic E-state index is 12.6. The second kappa shape index (κ2) is 12.1. The van der Waals surface area contributed by atoms with E-state index in [4.69, 9.17) is 23.7 Å². The third-order valence-electron chi connectivity index (χ3n) is 7.58. The zero-order chi connectivity index (χ0) is 29.0. The summed E-state index contributed by atoms with van der Waals surface area (Å²) in [6.45, 7) is 1.80. The average Bonchev–Trinajstić information content (AvgIpc) is 3.43. The number of rotatable bonds is 10. The number of benzene rings is 3. The third kappa shape index (κ3) is 5.56. The summed E-state index contributed by atoms with van der Waals surface area (Å²) in [6.07, 6.45) is 0.470. The lowest BCUT2D eigenvalue weighted by Crippen LogP contribution is -2.38. The summed E-state index contributed by atoms with van der Waals surface area (Å²) >= 11 is 0. The molecule has 2 heterocycles. The Morgan fingerprint density at radius 2 is 1.41 bits per heavy atom. The first kappa shape index (κ1) is 28.4. The maximum Gasteiger partial charge on any atom is 0.330 e. The Hall–Kier alpha value is -4.18. The Morgan fingerprint density at radius 3 is 1.95 bits per heavy atom. The molecule has 1 aliphatic heterocycles. The molecule has 0 saturated carbocycles. The number of methoxy groups -OCH3 is 3. The van der Waals surface area contributed by atoms with Gasteiger partial charge >= 0.3 is 5.69 Å². The van der Waals surface area contributed by atoms with Crippen LogP contribution in [0.5, 0.6) is 11.5 Å². The molecule has 1 saturated heterocycles. The van der Waals surface area contributed by atoms with Crippen LogP contribution in [0.1, 0.15) is 34.9 Å². The minimum absolute atomic E-state index is 0.152. The second-order valence-corrected chi connectivity index (χ2v) is 9.93. The lowest BCUT2D eigenvalue weighted by atomic mass is 9.80. The van der Waals surface area contributed by atoms with Crippen molar-refractivity contribution in [3.05, 3.63) is 128 Å². The zero-order valence-corrected chi connectivity index (χ0v) is 23.5. The predicted molar refractivity (Wildman–Crippen MR) is 154 cm³/mol. The standard InChI is InChI=1S/C32H34N2O7/c1-21-19-34(31(36)33-30(21)35)29-18-27(39-4)28(41-29)20-40-32(22-8-6-5-7-9-22,23-10-14-25(37-2)15-11-23)24-12-16-26(38-3)17-13-24/h5-17,19,27-29H,18,20H2,1-4H3,(H,33,35,36)/t27?,28-,29-/m1/s1. The summed E-state index contributed by atoms with van der Waals surface area (Å²) in [6, 6.07) is 25.6. The van der Waals surface area contributed by atoms with Crippen molar-refractivity contribution in [1.82, 2.24) is 9.55 Å². The van der Waals surface area contributed by atoms with Crippen molar-refractivity contribution < 1.29 is 23.7 Å². The van der Waals surface area contributed by atoms with Crippen LogP contribution in [-0.4, -0.2) is 49.7 Å². The Bertz CT molecular complexity index is 1520. The molecular formula is C32H34N2O7. The molecule has 3 atom stereocenters. The second-order valence-electron chi connectivity index (χ2n) is 9.93. The lowest BCUT2D eigenvalue weighted by molar-refractivity contribution is -0.0991.